The molecule has 4 aromatic rings. The highest BCUT2D eigenvalue weighted by Crippen LogP contribution is 2.35. The fraction of sp³-hybridized carbons (Fsp3) is 0.296. The second kappa shape index (κ2) is 9.87. The first-order valence-corrected chi connectivity index (χ1v) is 11.9. The van der Waals surface area contributed by atoms with Crippen molar-refractivity contribution in [2.45, 2.75) is 46.3 Å². The fourth-order valence-electron chi connectivity index (χ4n) is 3.92. The van der Waals surface area contributed by atoms with Gasteiger partial charge in [-0.25, -0.2) is 18.7 Å². The molecular weight excluding hydrogens is 485 g/mol. The van der Waals surface area contributed by atoms with Gasteiger partial charge in [0, 0.05) is 29.0 Å². The van der Waals surface area contributed by atoms with Gasteiger partial charge in [0.25, 0.3) is 0 Å². The summed E-state index contributed by atoms with van der Waals surface area (Å²) >= 11 is 6.78. The van der Waals surface area contributed by atoms with Crippen molar-refractivity contribution in [2.24, 2.45) is 0 Å². The molecule has 0 spiro atoms. The minimum atomic E-state index is -1.08. The lowest BCUT2D eigenvalue weighted by Gasteiger charge is -2.27. The maximum absolute atomic E-state index is 13.4. The first kappa shape index (κ1) is 25.6. The van der Waals surface area contributed by atoms with Crippen LogP contribution in [0, 0.1) is 12.7 Å². The molecule has 7 nitrogen and oxygen atoms in total. The van der Waals surface area contributed by atoms with Crippen LogP contribution in [0.5, 0.6) is 5.75 Å². The van der Waals surface area contributed by atoms with Crippen LogP contribution in [0.1, 0.15) is 45.1 Å². The number of carbonyl (C=O) groups is 1. The lowest BCUT2D eigenvalue weighted by molar-refractivity contribution is -0.167. The number of fused-ring (bicyclic) bond motifs is 1. The Balaban J connectivity index is 1.80. The van der Waals surface area contributed by atoms with Gasteiger partial charge in [0.05, 0.1) is 23.5 Å². The Morgan fingerprint density at radius 3 is 2.56 bits per heavy atom. The third-order valence-corrected chi connectivity index (χ3v) is 5.80. The predicted octanol–water partition coefficient (Wildman–Crippen LogP) is 6.29. The number of hydrogen-bond donors (Lipinski definition) is 1. The van der Waals surface area contributed by atoms with E-state index in [-0.39, 0.29) is 17.5 Å². The summed E-state index contributed by atoms with van der Waals surface area (Å²) in [4.78, 5) is 17.4. The Labute approximate surface area is 213 Å². The SMILES string of the molecule is CCOC(=O)C(OC(C)(C)C)c1c(C)nc2cc(-c3cccc(-c4ccc(F)cc4O)c3)nn2c1Cl. The summed E-state index contributed by atoms with van der Waals surface area (Å²) in [6, 6.07) is 13.0. The van der Waals surface area contributed by atoms with E-state index in [1.807, 2.05) is 45.0 Å². The minimum Gasteiger partial charge on any atom is -0.507 e. The van der Waals surface area contributed by atoms with E-state index in [0.29, 0.717) is 33.7 Å². The Hall–Kier alpha value is -3.49. The largest absolute Gasteiger partial charge is 0.507 e. The molecule has 0 saturated carbocycles. The van der Waals surface area contributed by atoms with Crippen LogP contribution < -0.4 is 0 Å². The van der Waals surface area contributed by atoms with Gasteiger partial charge >= 0.3 is 5.97 Å². The Bertz CT molecular complexity index is 1450. The molecule has 36 heavy (non-hydrogen) atoms. The fourth-order valence-corrected chi connectivity index (χ4v) is 4.28. The number of rotatable bonds is 6. The first-order chi connectivity index (χ1) is 17.0. The Morgan fingerprint density at radius 1 is 1.17 bits per heavy atom. The van der Waals surface area contributed by atoms with Gasteiger partial charge in [0.1, 0.15) is 16.7 Å². The van der Waals surface area contributed by atoms with Crippen LogP contribution in [0.25, 0.3) is 28.0 Å². The van der Waals surface area contributed by atoms with Crippen molar-refractivity contribution in [2.75, 3.05) is 6.61 Å². The number of esters is 1. The predicted molar refractivity (Wildman–Crippen MR) is 135 cm³/mol. The lowest BCUT2D eigenvalue weighted by atomic mass is 10.0. The van der Waals surface area contributed by atoms with Gasteiger partial charge in [-0.15, -0.1) is 0 Å². The Kier molecular flexibility index (Phi) is 7.02. The zero-order valence-electron chi connectivity index (χ0n) is 20.7. The molecule has 2 heterocycles. The van der Waals surface area contributed by atoms with Crippen LogP contribution in [0.2, 0.25) is 5.15 Å². The molecule has 9 heteroatoms. The van der Waals surface area contributed by atoms with Crippen molar-refractivity contribution in [3.05, 3.63) is 70.8 Å². The zero-order valence-corrected chi connectivity index (χ0v) is 21.4. The molecule has 2 aromatic heterocycles. The third-order valence-electron chi connectivity index (χ3n) is 5.43. The van der Waals surface area contributed by atoms with Crippen molar-refractivity contribution >= 4 is 23.2 Å². The van der Waals surface area contributed by atoms with Gasteiger partial charge in [-0.3, -0.25) is 0 Å². The van der Waals surface area contributed by atoms with E-state index in [1.54, 1.807) is 19.9 Å². The molecule has 0 fully saturated rings. The highest BCUT2D eigenvalue weighted by molar-refractivity contribution is 6.30. The second-order valence-electron chi connectivity index (χ2n) is 9.31. The normalized spacial score (nSPS) is 12.6. The summed E-state index contributed by atoms with van der Waals surface area (Å²) in [7, 11) is 0. The maximum Gasteiger partial charge on any atom is 0.340 e. The molecule has 0 aliphatic rings. The van der Waals surface area contributed by atoms with Crippen LogP contribution in [0.4, 0.5) is 4.39 Å². The van der Waals surface area contributed by atoms with Crippen molar-refractivity contribution in [1.82, 2.24) is 14.6 Å². The lowest BCUT2D eigenvalue weighted by Crippen LogP contribution is -2.30. The van der Waals surface area contributed by atoms with E-state index in [4.69, 9.17) is 21.1 Å². The van der Waals surface area contributed by atoms with Crippen LogP contribution in [-0.4, -0.2) is 37.9 Å². The number of nitrogens with zero attached hydrogens (tertiary/aromatic N) is 3. The van der Waals surface area contributed by atoms with Crippen LogP contribution >= 0.6 is 11.6 Å². The summed E-state index contributed by atoms with van der Waals surface area (Å²) in [5, 5.41) is 15.0. The number of phenolic OH excluding ortho intramolecular Hbond substituents is 1. The van der Waals surface area contributed by atoms with Gasteiger partial charge in [-0.05, 0) is 58.4 Å². The number of aromatic nitrogens is 3. The number of ether oxygens (including phenoxy) is 2. The number of benzene rings is 2. The van der Waals surface area contributed by atoms with Crippen molar-refractivity contribution in [3.8, 4) is 28.1 Å². The number of aryl methyl sites for hydroxylation is 1. The topological polar surface area (TPSA) is 86.0 Å². The summed E-state index contributed by atoms with van der Waals surface area (Å²) in [6.07, 6.45) is -1.08. The summed E-state index contributed by atoms with van der Waals surface area (Å²) < 4.78 is 26.2. The standard InChI is InChI=1S/C27H27ClFN3O4/c1-6-35-26(34)24(36-27(3,4)5)23-15(2)30-22-14-20(31-32(22)25(23)28)17-9-7-8-16(12-17)19-11-10-18(29)13-21(19)33/h7-14,24,33H,6H2,1-5H3. The van der Waals surface area contributed by atoms with E-state index < -0.39 is 23.5 Å². The van der Waals surface area contributed by atoms with Crippen molar-refractivity contribution in [1.29, 1.82) is 0 Å². The smallest absolute Gasteiger partial charge is 0.340 e. The molecule has 0 aliphatic carbocycles. The van der Waals surface area contributed by atoms with Gasteiger partial charge in [-0.2, -0.15) is 5.10 Å². The van der Waals surface area contributed by atoms with Gasteiger partial charge in [0.15, 0.2) is 11.8 Å². The minimum absolute atomic E-state index is 0.156. The van der Waals surface area contributed by atoms with Crippen LogP contribution in [0.3, 0.4) is 0 Å². The quantitative estimate of drug-likeness (QED) is 0.242. The monoisotopic (exact) mass is 511 g/mol. The first-order valence-electron chi connectivity index (χ1n) is 11.5. The molecule has 188 valence electrons. The van der Waals surface area contributed by atoms with E-state index in [1.165, 1.54) is 16.6 Å². The van der Waals surface area contributed by atoms with E-state index in [2.05, 4.69) is 10.1 Å². The van der Waals surface area contributed by atoms with E-state index in [0.717, 1.165) is 11.6 Å². The average Bonchev–Trinajstić information content (AvgIpc) is 3.22. The maximum atomic E-state index is 13.4. The average molecular weight is 512 g/mol. The summed E-state index contributed by atoms with van der Waals surface area (Å²) in [6.45, 7) is 9.19. The molecule has 0 amide bonds. The van der Waals surface area contributed by atoms with Gasteiger partial charge in [0.2, 0.25) is 0 Å². The molecule has 0 saturated heterocycles. The molecule has 1 N–H and O–H groups in total. The third kappa shape index (κ3) is 5.20. The number of phenols is 1. The number of aromatic hydroxyl groups is 1. The summed E-state index contributed by atoms with van der Waals surface area (Å²) in [5.41, 5.74) is 3.25. The zero-order chi connectivity index (χ0) is 26.2. The molecule has 1 atom stereocenters. The molecule has 1 unspecified atom stereocenters. The Morgan fingerprint density at radius 2 is 1.89 bits per heavy atom. The second-order valence-corrected chi connectivity index (χ2v) is 9.66. The molecule has 0 aliphatic heterocycles. The van der Waals surface area contributed by atoms with E-state index >= 15 is 0 Å². The molecule has 2 aromatic carbocycles. The van der Waals surface area contributed by atoms with Crippen molar-refractivity contribution < 1.29 is 23.8 Å². The van der Waals surface area contributed by atoms with Crippen LogP contribution in [-0.2, 0) is 14.3 Å². The number of halogens is 2. The highest BCUT2D eigenvalue weighted by atomic mass is 35.5. The number of carbonyl (C=O) groups excluding carboxylic acids is 1. The van der Waals surface area contributed by atoms with Gasteiger partial charge < -0.3 is 14.6 Å². The molecule has 4 rings (SSSR count). The van der Waals surface area contributed by atoms with Gasteiger partial charge in [-0.1, -0.05) is 29.8 Å². The molecular formula is C27H27ClFN3O4. The number of hydrogen-bond acceptors (Lipinski definition) is 6. The van der Waals surface area contributed by atoms with Crippen molar-refractivity contribution in [3.63, 3.8) is 0 Å². The summed E-state index contributed by atoms with van der Waals surface area (Å²) in [5.74, 6) is -1.23. The highest BCUT2D eigenvalue weighted by Gasteiger charge is 2.33. The van der Waals surface area contributed by atoms with Crippen LogP contribution in [0.15, 0.2) is 48.5 Å². The molecule has 0 bridgehead atoms. The van der Waals surface area contributed by atoms with E-state index in [9.17, 15) is 14.3 Å². The molecule has 0 radical (unpaired) electrons.